The Morgan fingerprint density at radius 2 is 0.770 bits per heavy atom. The highest BCUT2D eigenvalue weighted by atomic mass is 16.4. The molecule has 0 aliphatic carbocycles. The third-order valence-corrected chi connectivity index (χ3v) is 10.9. The van der Waals surface area contributed by atoms with Crippen molar-refractivity contribution >= 4 is 72.4 Å². The van der Waals surface area contributed by atoms with Crippen molar-refractivity contribution in [2.24, 2.45) is 21.1 Å². The van der Waals surface area contributed by atoms with Gasteiger partial charge in [0.25, 0.3) is 0 Å². The van der Waals surface area contributed by atoms with Crippen LogP contribution >= 0.6 is 0 Å². The summed E-state index contributed by atoms with van der Waals surface area (Å²) in [5, 5.41) is 29.3. The molecule has 12 aromatic rings. The molecule has 7 aromatic carbocycles. The van der Waals surface area contributed by atoms with E-state index >= 15 is 0 Å². The average molecular weight is 797 g/mol. The number of anilines is 3. The van der Waals surface area contributed by atoms with Crippen molar-refractivity contribution < 1.29 is 8.83 Å². The van der Waals surface area contributed by atoms with E-state index < -0.39 is 0 Å². The van der Waals surface area contributed by atoms with Gasteiger partial charge in [-0.05, 0) is 96.1 Å². The van der Waals surface area contributed by atoms with Gasteiger partial charge >= 0.3 is 0 Å². The van der Waals surface area contributed by atoms with Crippen LogP contribution in [0.4, 0.5) is 17.1 Å². The Bertz CT molecular complexity index is 3380. The molecule has 14 nitrogen and oxygen atoms in total. The van der Waals surface area contributed by atoms with Crippen LogP contribution in [-0.4, -0.2) is 54.9 Å². The molecule has 14 heteroatoms. The van der Waals surface area contributed by atoms with Crippen molar-refractivity contribution in [3.8, 4) is 45.2 Å². The van der Waals surface area contributed by atoms with Gasteiger partial charge in [-0.1, -0.05) is 54.6 Å². The highest BCUT2D eigenvalue weighted by Gasteiger charge is 2.27. The Labute approximate surface area is 345 Å². The summed E-state index contributed by atoms with van der Waals surface area (Å²) in [6.07, 6.45) is 0. The molecule has 292 valence electrons. The Balaban J connectivity index is 0.995. The largest absolute Gasteiger partial charge is 0.436 e. The molecule has 0 spiro atoms. The minimum atomic E-state index is 0.569. The van der Waals surface area contributed by atoms with Crippen LogP contribution in [-0.2, 0) is 21.1 Å². The molecule has 0 saturated carbocycles. The van der Waals surface area contributed by atoms with Gasteiger partial charge < -0.3 is 13.7 Å². The lowest BCUT2D eigenvalue weighted by molar-refractivity contribution is 0.619. The van der Waals surface area contributed by atoms with Gasteiger partial charge in [-0.3, -0.25) is 0 Å². The number of fused-ring (bicyclic) bond motifs is 5. The lowest BCUT2D eigenvalue weighted by atomic mass is 9.99. The molecule has 5 heterocycles. The Hall–Kier alpha value is -8.52. The van der Waals surface area contributed by atoms with E-state index in [1.54, 1.807) is 14.4 Å². The maximum absolute atomic E-state index is 6.06. The van der Waals surface area contributed by atoms with E-state index in [-0.39, 0.29) is 0 Å². The topological polar surface area (TPSA) is 147 Å². The second-order valence-corrected chi connectivity index (χ2v) is 14.8. The van der Waals surface area contributed by atoms with Gasteiger partial charge in [0.15, 0.2) is 11.2 Å². The fraction of sp³-hybridized carbons (Fsp3) is 0.0638. The molecule has 0 fully saturated rings. The molecule has 0 aliphatic heterocycles. The second kappa shape index (κ2) is 13.3. The Morgan fingerprint density at radius 1 is 0.361 bits per heavy atom. The molecular formula is C47H32N12O2. The third-order valence-electron chi connectivity index (χ3n) is 10.9. The summed E-state index contributed by atoms with van der Waals surface area (Å²) in [5.41, 5.74) is 15.4. The summed E-state index contributed by atoms with van der Waals surface area (Å²) in [5.74, 6) is 1.14. The van der Waals surface area contributed by atoms with Gasteiger partial charge in [-0.2, -0.15) is 45.0 Å². The predicted octanol–water partition coefficient (Wildman–Crippen LogP) is 9.95. The van der Waals surface area contributed by atoms with E-state index in [2.05, 4.69) is 58.5 Å². The molecule has 0 N–H and O–H groups in total. The number of oxazole rings is 2. The monoisotopic (exact) mass is 796 g/mol. The summed E-state index contributed by atoms with van der Waals surface area (Å²) in [4.78, 5) is 16.3. The van der Waals surface area contributed by atoms with Crippen LogP contribution in [0.2, 0.25) is 0 Å². The summed E-state index contributed by atoms with van der Waals surface area (Å²) < 4.78 is 12.1. The molecule has 0 unspecified atom stereocenters. The standard InChI is InChI=1S/C47H32N12O2/c1-56-50-35-11-8-12-36(43(35)53-56)59(37-25-23-31(41-44(37)54-57(2)51-41)27-15-19-29(20-16-27)46-48-33-9-4-6-13-39(33)60-46)38-26-24-32(42-45(38)55-58(3)52-42)28-17-21-30(22-18-28)47-49-34-10-5-7-14-40(34)61-47/h4-26H,1-3H3. The summed E-state index contributed by atoms with van der Waals surface area (Å²) >= 11 is 0. The van der Waals surface area contributed by atoms with Gasteiger partial charge in [-0.25, -0.2) is 9.97 Å². The lowest BCUT2D eigenvalue weighted by Crippen LogP contribution is -2.12. The van der Waals surface area contributed by atoms with Crippen molar-refractivity contribution in [1.82, 2.24) is 54.9 Å². The molecule has 0 aliphatic rings. The van der Waals surface area contributed by atoms with Crippen LogP contribution in [0.3, 0.4) is 0 Å². The first-order chi connectivity index (χ1) is 29.9. The first-order valence-corrected chi connectivity index (χ1v) is 19.6. The van der Waals surface area contributed by atoms with Crippen LogP contribution in [0.5, 0.6) is 0 Å². The maximum Gasteiger partial charge on any atom is 0.227 e. The van der Waals surface area contributed by atoms with Crippen LogP contribution in [0.1, 0.15) is 0 Å². The van der Waals surface area contributed by atoms with Crippen molar-refractivity contribution in [3.05, 3.63) is 140 Å². The molecule has 0 bridgehead atoms. The zero-order valence-corrected chi connectivity index (χ0v) is 33.0. The van der Waals surface area contributed by atoms with Crippen molar-refractivity contribution in [1.29, 1.82) is 0 Å². The van der Waals surface area contributed by atoms with Crippen LogP contribution in [0, 0.1) is 0 Å². The van der Waals surface area contributed by atoms with Gasteiger partial charge in [0.2, 0.25) is 11.8 Å². The summed E-state index contributed by atoms with van der Waals surface area (Å²) in [6, 6.07) is 46.2. The van der Waals surface area contributed by atoms with E-state index in [9.17, 15) is 0 Å². The van der Waals surface area contributed by atoms with Crippen molar-refractivity contribution in [2.45, 2.75) is 0 Å². The predicted molar refractivity (Wildman–Crippen MR) is 234 cm³/mol. The lowest BCUT2D eigenvalue weighted by Gasteiger charge is -2.26. The molecule has 0 amide bonds. The minimum absolute atomic E-state index is 0.569. The number of rotatable bonds is 7. The van der Waals surface area contributed by atoms with E-state index in [4.69, 9.17) is 44.3 Å². The summed E-state index contributed by atoms with van der Waals surface area (Å²) in [7, 11) is 5.50. The highest BCUT2D eigenvalue weighted by Crippen LogP contribution is 2.46. The molecule has 0 atom stereocenters. The van der Waals surface area contributed by atoms with Crippen LogP contribution in [0.15, 0.2) is 148 Å². The van der Waals surface area contributed by atoms with E-state index in [0.29, 0.717) is 22.8 Å². The van der Waals surface area contributed by atoms with E-state index in [1.165, 1.54) is 0 Å². The average Bonchev–Trinajstić information content (AvgIpc) is 4.13. The molecule has 0 radical (unpaired) electrons. The number of nitrogens with zero attached hydrogens (tertiary/aromatic N) is 12. The number of aromatic nitrogens is 11. The highest BCUT2D eigenvalue weighted by molar-refractivity contribution is 6.09. The van der Waals surface area contributed by atoms with Gasteiger partial charge in [0.05, 0.1) is 17.1 Å². The van der Waals surface area contributed by atoms with Crippen molar-refractivity contribution in [3.63, 3.8) is 0 Å². The van der Waals surface area contributed by atoms with Crippen LogP contribution in [0.25, 0.3) is 100 Å². The van der Waals surface area contributed by atoms with Crippen LogP contribution < -0.4 is 4.90 Å². The number of benzene rings is 7. The van der Waals surface area contributed by atoms with E-state index in [1.807, 2.05) is 112 Å². The van der Waals surface area contributed by atoms with Crippen molar-refractivity contribution in [2.75, 3.05) is 4.90 Å². The quantitative estimate of drug-likeness (QED) is 0.152. The van der Waals surface area contributed by atoms with Gasteiger partial charge in [-0.15, -0.1) is 0 Å². The first kappa shape index (κ1) is 34.5. The smallest absolute Gasteiger partial charge is 0.227 e. The SMILES string of the molecule is Cn1nc2cccc(N(c3ccc(-c4ccc(-c5nc6ccccc6o5)cc4)c4nn(C)nc34)c3ccc(-c4ccc(-c5nc6ccccc6o5)cc4)c4nn(C)nc34)c2n1. The Morgan fingerprint density at radius 3 is 1.28 bits per heavy atom. The molecule has 0 saturated heterocycles. The molecular weight excluding hydrogens is 765 g/mol. The normalized spacial score (nSPS) is 11.9. The fourth-order valence-electron chi connectivity index (χ4n) is 8.16. The summed E-state index contributed by atoms with van der Waals surface area (Å²) in [6.45, 7) is 0. The minimum Gasteiger partial charge on any atom is -0.436 e. The second-order valence-electron chi connectivity index (χ2n) is 14.8. The number of hydrogen-bond donors (Lipinski definition) is 0. The van der Waals surface area contributed by atoms with Gasteiger partial charge in [0.1, 0.15) is 44.1 Å². The maximum atomic E-state index is 6.06. The molecule has 12 rings (SSSR count). The van der Waals surface area contributed by atoms with E-state index in [0.717, 1.165) is 94.7 Å². The zero-order chi connectivity index (χ0) is 40.8. The number of hydrogen-bond acceptors (Lipinski definition) is 11. The fourth-order valence-corrected chi connectivity index (χ4v) is 8.16. The Kier molecular flexibility index (Phi) is 7.50. The number of para-hydroxylation sites is 4. The number of aryl methyl sites for hydroxylation is 3. The van der Waals surface area contributed by atoms with Gasteiger partial charge in [0, 0.05) is 43.4 Å². The zero-order valence-electron chi connectivity index (χ0n) is 33.0. The third kappa shape index (κ3) is 5.64. The molecule has 61 heavy (non-hydrogen) atoms. The first-order valence-electron chi connectivity index (χ1n) is 19.6. The molecule has 5 aromatic heterocycles.